The Balaban J connectivity index is 1.78. The third kappa shape index (κ3) is 6.54. The van der Waals surface area contributed by atoms with Crippen molar-refractivity contribution < 1.29 is 4.58 Å². The topological polar surface area (TPSA) is 6.25 Å². The molecule has 0 aromatic heterocycles. The fourth-order valence-corrected chi connectivity index (χ4v) is 4.30. The van der Waals surface area contributed by atoms with E-state index in [4.69, 9.17) is 0 Å². The summed E-state index contributed by atoms with van der Waals surface area (Å²) in [5.41, 5.74) is 12.1. The molecule has 0 N–H and O–H groups in total. The van der Waals surface area contributed by atoms with Gasteiger partial charge in [-0.15, -0.1) is 0 Å². The second kappa shape index (κ2) is 11.7. The average Bonchev–Trinajstić information content (AvgIpc) is 2.90. The van der Waals surface area contributed by atoms with Crippen molar-refractivity contribution in [3.8, 4) is 0 Å². The Morgan fingerprint density at radius 3 is 1.62 bits per heavy atom. The summed E-state index contributed by atoms with van der Waals surface area (Å²) in [5.74, 6) is 0. The summed E-state index contributed by atoms with van der Waals surface area (Å²) < 4.78 is 2.13. The summed E-state index contributed by atoms with van der Waals surface area (Å²) in [6, 6.07) is 26.3. The van der Waals surface area contributed by atoms with Crippen LogP contribution >= 0.6 is 0 Å². The number of benzene rings is 3. The molecular formula is C35H37N2+. The quantitative estimate of drug-likeness (QED) is 0.257. The van der Waals surface area contributed by atoms with Gasteiger partial charge in [0.15, 0.2) is 5.71 Å². The smallest absolute Gasteiger partial charge is 0.199 e. The maximum atomic E-state index is 2.23. The van der Waals surface area contributed by atoms with E-state index >= 15 is 0 Å². The normalized spacial score (nSPS) is 13.4. The Morgan fingerprint density at radius 1 is 0.649 bits per heavy atom. The number of hydrogen-bond donors (Lipinski definition) is 0. The molecule has 3 aromatic rings. The molecular weight excluding hydrogens is 448 g/mol. The van der Waals surface area contributed by atoms with Crippen LogP contribution in [-0.2, 0) is 0 Å². The Kier molecular flexibility index (Phi) is 8.20. The van der Waals surface area contributed by atoms with Crippen molar-refractivity contribution in [2.24, 2.45) is 0 Å². The van der Waals surface area contributed by atoms with E-state index < -0.39 is 0 Å². The zero-order chi connectivity index (χ0) is 26.4. The first-order valence-electron chi connectivity index (χ1n) is 12.8. The van der Waals surface area contributed by atoms with Crippen LogP contribution < -0.4 is 4.90 Å². The van der Waals surface area contributed by atoms with E-state index in [1.54, 1.807) is 0 Å². The van der Waals surface area contributed by atoms with E-state index in [0.717, 1.165) is 0 Å². The standard InChI is InChI=1S/C35H37N2/c1-26-10-14-28(15-11-26)34(30-18-22-32(23-19-30)36(3)4)8-7-9-35(29-16-12-27(2)13-17-29)31-20-24-33(25-21-31)37(5)6/h7-25H,1-6H3/q+1. The lowest BCUT2D eigenvalue weighted by Crippen LogP contribution is -2.09. The highest BCUT2D eigenvalue weighted by Gasteiger charge is 2.10. The molecule has 0 unspecified atom stereocenters. The number of hydrogen-bond acceptors (Lipinski definition) is 1. The van der Waals surface area contributed by atoms with Crippen LogP contribution in [0.25, 0.3) is 11.1 Å². The van der Waals surface area contributed by atoms with E-state index in [1.807, 2.05) is 0 Å². The molecule has 0 saturated carbocycles. The highest BCUT2D eigenvalue weighted by molar-refractivity contribution is 6.03. The number of nitrogens with zero attached hydrogens (tertiary/aromatic N) is 2. The van der Waals surface area contributed by atoms with E-state index in [-0.39, 0.29) is 0 Å². The Hall–Kier alpha value is -4.17. The molecule has 0 heterocycles. The molecule has 1 aliphatic rings. The van der Waals surface area contributed by atoms with Crippen LogP contribution in [0.1, 0.15) is 27.8 Å². The minimum absolute atomic E-state index is 1.19. The average molecular weight is 486 g/mol. The van der Waals surface area contributed by atoms with E-state index in [0.29, 0.717) is 0 Å². The third-order valence-electron chi connectivity index (χ3n) is 6.64. The highest BCUT2D eigenvalue weighted by Crippen LogP contribution is 2.28. The lowest BCUT2D eigenvalue weighted by atomic mass is 9.94. The molecule has 2 heteroatoms. The Labute approximate surface area is 222 Å². The van der Waals surface area contributed by atoms with Crippen molar-refractivity contribution in [1.29, 1.82) is 0 Å². The maximum absolute atomic E-state index is 2.23. The summed E-state index contributed by atoms with van der Waals surface area (Å²) in [4.78, 5) is 2.13. The zero-order valence-electron chi connectivity index (χ0n) is 22.9. The van der Waals surface area contributed by atoms with Gasteiger partial charge in [0, 0.05) is 31.9 Å². The predicted octanol–water partition coefficient (Wildman–Crippen LogP) is 7.65. The molecule has 3 aromatic carbocycles. The number of allylic oxidation sites excluding steroid dienone is 9. The molecule has 0 fully saturated rings. The van der Waals surface area contributed by atoms with Crippen LogP contribution in [0.15, 0.2) is 121 Å². The summed E-state index contributed by atoms with van der Waals surface area (Å²) in [5, 5.41) is 0. The molecule has 0 saturated heterocycles. The van der Waals surface area contributed by atoms with Crippen molar-refractivity contribution >= 4 is 22.5 Å². The molecule has 0 spiro atoms. The van der Waals surface area contributed by atoms with Gasteiger partial charge in [-0.05, 0) is 71.5 Å². The zero-order valence-corrected chi connectivity index (χ0v) is 22.9. The highest BCUT2D eigenvalue weighted by atomic mass is 15.1. The van der Waals surface area contributed by atoms with Crippen molar-refractivity contribution in [1.82, 2.24) is 0 Å². The van der Waals surface area contributed by atoms with Crippen molar-refractivity contribution in [2.45, 2.75) is 13.8 Å². The Morgan fingerprint density at radius 2 is 1.14 bits per heavy atom. The maximum Gasteiger partial charge on any atom is 0.199 e. The van der Waals surface area contributed by atoms with Crippen LogP contribution in [0.2, 0.25) is 0 Å². The van der Waals surface area contributed by atoms with Gasteiger partial charge in [0.1, 0.15) is 14.1 Å². The van der Waals surface area contributed by atoms with E-state index in [2.05, 4.69) is 167 Å². The summed E-state index contributed by atoms with van der Waals surface area (Å²) >= 11 is 0. The SMILES string of the molecule is Cc1ccc(C(/C=C/C=C(\c2ccc(C)cc2)c2ccc(N(C)C)cc2)=C2C=CC(=[N+](C)C)C=C2)cc1. The number of anilines is 1. The minimum atomic E-state index is 1.19. The van der Waals surface area contributed by atoms with E-state index in [1.165, 1.54) is 55.9 Å². The van der Waals surface area contributed by atoms with Crippen LogP contribution in [-0.4, -0.2) is 38.5 Å². The van der Waals surface area contributed by atoms with Gasteiger partial charge in [-0.25, -0.2) is 4.58 Å². The van der Waals surface area contributed by atoms with Crippen molar-refractivity contribution in [2.75, 3.05) is 33.1 Å². The lowest BCUT2D eigenvalue weighted by Gasteiger charge is -2.14. The van der Waals surface area contributed by atoms with Crippen LogP contribution in [0.3, 0.4) is 0 Å². The van der Waals surface area contributed by atoms with Crippen LogP contribution in [0, 0.1) is 13.8 Å². The first-order chi connectivity index (χ1) is 17.8. The van der Waals surface area contributed by atoms with Gasteiger partial charge in [-0.1, -0.05) is 90.0 Å². The molecule has 37 heavy (non-hydrogen) atoms. The molecule has 0 bridgehead atoms. The molecule has 4 rings (SSSR count). The number of rotatable bonds is 6. The third-order valence-corrected chi connectivity index (χ3v) is 6.64. The van der Waals surface area contributed by atoms with Crippen LogP contribution in [0.4, 0.5) is 5.69 Å². The molecule has 2 nitrogen and oxygen atoms in total. The van der Waals surface area contributed by atoms with Gasteiger partial charge in [-0.3, -0.25) is 0 Å². The van der Waals surface area contributed by atoms with E-state index in [9.17, 15) is 0 Å². The van der Waals surface area contributed by atoms with Crippen molar-refractivity contribution in [3.05, 3.63) is 149 Å². The largest absolute Gasteiger partial charge is 0.378 e. The van der Waals surface area contributed by atoms with Crippen LogP contribution in [0.5, 0.6) is 0 Å². The first-order valence-corrected chi connectivity index (χ1v) is 12.8. The predicted molar refractivity (Wildman–Crippen MR) is 162 cm³/mol. The second-order valence-electron chi connectivity index (χ2n) is 9.97. The summed E-state index contributed by atoms with van der Waals surface area (Å²) in [7, 11) is 8.29. The number of aryl methyl sites for hydroxylation is 2. The minimum Gasteiger partial charge on any atom is -0.378 e. The summed E-state index contributed by atoms with van der Waals surface area (Å²) in [6.45, 7) is 4.26. The van der Waals surface area contributed by atoms with Gasteiger partial charge >= 0.3 is 0 Å². The molecule has 0 amide bonds. The molecule has 186 valence electrons. The molecule has 1 aliphatic carbocycles. The van der Waals surface area contributed by atoms with Gasteiger partial charge in [0.05, 0.1) is 0 Å². The molecule has 0 aliphatic heterocycles. The second-order valence-corrected chi connectivity index (χ2v) is 9.97. The van der Waals surface area contributed by atoms with Gasteiger partial charge in [0.2, 0.25) is 0 Å². The fourth-order valence-electron chi connectivity index (χ4n) is 4.30. The van der Waals surface area contributed by atoms with Gasteiger partial charge in [0.25, 0.3) is 0 Å². The fraction of sp³-hybridized carbons (Fsp3) is 0.171. The first kappa shape index (κ1) is 25.9. The Bertz CT molecular complexity index is 1400. The monoisotopic (exact) mass is 485 g/mol. The van der Waals surface area contributed by atoms with Crippen molar-refractivity contribution in [3.63, 3.8) is 0 Å². The van der Waals surface area contributed by atoms with Gasteiger partial charge < -0.3 is 4.90 Å². The molecule has 0 radical (unpaired) electrons. The van der Waals surface area contributed by atoms with Gasteiger partial charge in [-0.2, -0.15) is 0 Å². The molecule has 0 atom stereocenters. The lowest BCUT2D eigenvalue weighted by molar-refractivity contribution is -0.462. The summed E-state index contributed by atoms with van der Waals surface area (Å²) in [6.07, 6.45) is 15.4.